The van der Waals surface area contributed by atoms with Crippen molar-refractivity contribution in [3.05, 3.63) is 77.9 Å². The zero-order valence-corrected chi connectivity index (χ0v) is 22.8. The maximum Gasteiger partial charge on any atom is 0.167 e. The van der Waals surface area contributed by atoms with Crippen LogP contribution in [0.1, 0.15) is 51.0 Å². The Kier molecular flexibility index (Phi) is 10.1. The van der Waals surface area contributed by atoms with Gasteiger partial charge in [0, 0.05) is 19.2 Å². The fourth-order valence-electron chi connectivity index (χ4n) is 4.17. The van der Waals surface area contributed by atoms with E-state index in [9.17, 15) is 0 Å². The Balaban J connectivity index is 1.62. The molecule has 0 saturated heterocycles. The summed E-state index contributed by atoms with van der Waals surface area (Å²) in [6, 6.07) is 19.7. The van der Waals surface area contributed by atoms with Crippen molar-refractivity contribution < 1.29 is 13.5 Å². The molecule has 0 atom stereocenters. The van der Waals surface area contributed by atoms with Crippen LogP contribution in [-0.2, 0) is 6.42 Å². The standard InChI is InChI=1S/C31H40F2OSi/c1-5-6-7-8-9-10-22-34-27-17-15-26(16-18-27)29-20-19-28(30(32)31(29)33)25-13-11-24(12-14-25)21-23-35(2,3)4/h11-20H,5-10,21-23H2,1-4H3. The van der Waals surface area contributed by atoms with Crippen LogP contribution in [-0.4, -0.2) is 14.7 Å². The summed E-state index contributed by atoms with van der Waals surface area (Å²) in [7, 11) is -1.11. The summed E-state index contributed by atoms with van der Waals surface area (Å²) in [5.41, 5.74) is 3.14. The van der Waals surface area contributed by atoms with Crippen molar-refractivity contribution in [2.45, 2.75) is 77.6 Å². The smallest absolute Gasteiger partial charge is 0.167 e. The second kappa shape index (κ2) is 13.0. The van der Waals surface area contributed by atoms with Gasteiger partial charge in [0.15, 0.2) is 11.6 Å². The van der Waals surface area contributed by atoms with Gasteiger partial charge in [-0.3, -0.25) is 0 Å². The molecule has 0 aliphatic heterocycles. The number of rotatable bonds is 13. The molecule has 0 unspecified atom stereocenters. The molecule has 3 aromatic carbocycles. The molecule has 0 aromatic heterocycles. The van der Waals surface area contributed by atoms with Crippen LogP contribution in [0.3, 0.4) is 0 Å². The molecular weight excluding hydrogens is 454 g/mol. The molecule has 188 valence electrons. The van der Waals surface area contributed by atoms with Crippen molar-refractivity contribution in [2.24, 2.45) is 0 Å². The lowest BCUT2D eigenvalue weighted by molar-refractivity contribution is 0.304. The van der Waals surface area contributed by atoms with Crippen LogP contribution in [0.2, 0.25) is 25.7 Å². The van der Waals surface area contributed by atoms with Gasteiger partial charge < -0.3 is 4.74 Å². The highest BCUT2D eigenvalue weighted by molar-refractivity contribution is 6.76. The van der Waals surface area contributed by atoms with Gasteiger partial charge in [0.2, 0.25) is 0 Å². The van der Waals surface area contributed by atoms with Gasteiger partial charge >= 0.3 is 0 Å². The molecule has 0 saturated carbocycles. The largest absolute Gasteiger partial charge is 0.494 e. The molecule has 0 heterocycles. The summed E-state index contributed by atoms with van der Waals surface area (Å²) >= 11 is 0. The van der Waals surface area contributed by atoms with E-state index in [1.165, 1.54) is 43.7 Å². The minimum Gasteiger partial charge on any atom is -0.494 e. The second-order valence-electron chi connectivity index (χ2n) is 10.7. The summed E-state index contributed by atoms with van der Waals surface area (Å²) in [5.74, 6) is -0.860. The topological polar surface area (TPSA) is 9.23 Å². The Morgan fingerprint density at radius 1 is 0.657 bits per heavy atom. The van der Waals surface area contributed by atoms with Gasteiger partial charge in [0.05, 0.1) is 6.61 Å². The molecule has 3 aromatic rings. The first-order valence-corrected chi connectivity index (χ1v) is 16.8. The van der Waals surface area contributed by atoms with Crippen LogP contribution in [0.4, 0.5) is 8.78 Å². The highest BCUT2D eigenvalue weighted by atomic mass is 28.3. The highest BCUT2D eigenvalue weighted by Gasteiger charge is 2.17. The van der Waals surface area contributed by atoms with Crippen LogP contribution in [0.15, 0.2) is 60.7 Å². The predicted octanol–water partition coefficient (Wildman–Crippen LogP) is 9.92. The van der Waals surface area contributed by atoms with Crippen LogP contribution in [0, 0.1) is 11.6 Å². The van der Waals surface area contributed by atoms with Crippen molar-refractivity contribution >= 4 is 8.07 Å². The minimum absolute atomic E-state index is 0.264. The number of hydrogen-bond acceptors (Lipinski definition) is 1. The third-order valence-electron chi connectivity index (χ3n) is 6.44. The molecule has 0 bridgehead atoms. The fourth-order valence-corrected chi connectivity index (χ4v) is 5.21. The second-order valence-corrected chi connectivity index (χ2v) is 16.3. The average molecular weight is 495 g/mol. The third-order valence-corrected chi connectivity index (χ3v) is 8.19. The van der Waals surface area contributed by atoms with Crippen molar-refractivity contribution in [1.82, 2.24) is 0 Å². The quantitative estimate of drug-likeness (QED) is 0.170. The van der Waals surface area contributed by atoms with Gasteiger partial charge in [-0.15, -0.1) is 0 Å². The van der Waals surface area contributed by atoms with Crippen LogP contribution in [0.25, 0.3) is 22.3 Å². The normalized spacial score (nSPS) is 11.6. The average Bonchev–Trinajstić information content (AvgIpc) is 2.84. The monoisotopic (exact) mass is 494 g/mol. The number of ether oxygens (including phenoxy) is 1. The van der Waals surface area contributed by atoms with Crippen molar-refractivity contribution in [2.75, 3.05) is 6.61 Å². The zero-order valence-electron chi connectivity index (χ0n) is 21.8. The van der Waals surface area contributed by atoms with Crippen molar-refractivity contribution in [1.29, 1.82) is 0 Å². The molecule has 0 N–H and O–H groups in total. The molecule has 1 nitrogen and oxygen atoms in total. The van der Waals surface area contributed by atoms with Gasteiger partial charge in [-0.25, -0.2) is 8.78 Å². The van der Waals surface area contributed by atoms with E-state index in [4.69, 9.17) is 4.74 Å². The number of benzene rings is 3. The van der Waals surface area contributed by atoms with Gasteiger partial charge in [0.25, 0.3) is 0 Å². The summed E-state index contributed by atoms with van der Waals surface area (Å²) in [5, 5.41) is 0. The number of unbranched alkanes of at least 4 members (excludes halogenated alkanes) is 5. The Bertz CT molecular complexity index is 1050. The molecule has 0 spiro atoms. The molecule has 0 aliphatic rings. The van der Waals surface area contributed by atoms with Crippen LogP contribution >= 0.6 is 0 Å². The van der Waals surface area contributed by atoms with Gasteiger partial charge in [-0.1, -0.05) is 113 Å². The van der Waals surface area contributed by atoms with E-state index >= 15 is 8.78 Å². The molecule has 3 rings (SSSR count). The van der Waals surface area contributed by atoms with Crippen LogP contribution in [0.5, 0.6) is 5.75 Å². The maximum atomic E-state index is 15.0. The molecule has 0 fully saturated rings. The Morgan fingerprint density at radius 2 is 1.17 bits per heavy atom. The van der Waals surface area contributed by atoms with E-state index in [1.807, 2.05) is 36.4 Å². The summed E-state index contributed by atoms with van der Waals surface area (Å²) in [6.45, 7) is 9.98. The molecule has 0 amide bonds. The van der Waals surface area contributed by atoms with Gasteiger partial charge in [-0.2, -0.15) is 0 Å². The van der Waals surface area contributed by atoms with E-state index < -0.39 is 19.7 Å². The highest BCUT2D eigenvalue weighted by Crippen LogP contribution is 2.32. The summed E-state index contributed by atoms with van der Waals surface area (Å²) < 4.78 is 35.9. The van der Waals surface area contributed by atoms with Gasteiger partial charge in [0.1, 0.15) is 5.75 Å². The van der Waals surface area contributed by atoms with E-state index in [-0.39, 0.29) is 5.56 Å². The van der Waals surface area contributed by atoms with E-state index in [0.717, 1.165) is 18.6 Å². The van der Waals surface area contributed by atoms with Gasteiger partial charge in [-0.05, 0) is 41.7 Å². The van der Waals surface area contributed by atoms with Crippen molar-refractivity contribution in [3.8, 4) is 28.0 Å². The predicted molar refractivity (Wildman–Crippen MR) is 148 cm³/mol. The first kappa shape index (κ1) is 27.1. The lowest BCUT2D eigenvalue weighted by atomic mass is 9.98. The molecular formula is C31H40F2OSi. The van der Waals surface area contributed by atoms with E-state index in [0.29, 0.717) is 23.3 Å². The summed E-state index contributed by atoms with van der Waals surface area (Å²) in [6.07, 6.45) is 8.33. The fraction of sp³-hybridized carbons (Fsp3) is 0.419. The Morgan fingerprint density at radius 3 is 1.71 bits per heavy atom. The van der Waals surface area contributed by atoms with Crippen molar-refractivity contribution in [3.63, 3.8) is 0 Å². The minimum atomic E-state index is -1.11. The number of halogens is 2. The lowest BCUT2D eigenvalue weighted by Crippen LogP contribution is -2.19. The Hall–Kier alpha value is -2.46. The SMILES string of the molecule is CCCCCCCCOc1ccc(-c2ccc(-c3ccc(CC[Si](C)(C)C)cc3)c(F)c2F)cc1. The van der Waals surface area contributed by atoms with E-state index in [2.05, 4.69) is 26.6 Å². The number of aryl methyl sites for hydroxylation is 1. The molecule has 4 heteroatoms. The van der Waals surface area contributed by atoms with E-state index in [1.54, 1.807) is 24.3 Å². The maximum absolute atomic E-state index is 15.0. The first-order valence-electron chi connectivity index (χ1n) is 13.1. The number of hydrogen-bond donors (Lipinski definition) is 0. The molecule has 0 radical (unpaired) electrons. The first-order chi connectivity index (χ1) is 16.8. The van der Waals surface area contributed by atoms with Crippen LogP contribution < -0.4 is 4.74 Å². The Labute approximate surface area is 211 Å². The summed E-state index contributed by atoms with van der Waals surface area (Å²) in [4.78, 5) is 0. The molecule has 35 heavy (non-hydrogen) atoms. The molecule has 0 aliphatic carbocycles. The lowest BCUT2D eigenvalue weighted by Gasteiger charge is -2.15. The zero-order chi connectivity index (χ0) is 25.3. The third kappa shape index (κ3) is 8.31.